The summed E-state index contributed by atoms with van der Waals surface area (Å²) in [4.78, 5) is 36.1. The number of halogens is 1. The van der Waals surface area contributed by atoms with Crippen LogP contribution in [0.25, 0.3) is 0 Å². The number of hydrogen-bond acceptors (Lipinski definition) is 8. The third kappa shape index (κ3) is 4.95. The summed E-state index contributed by atoms with van der Waals surface area (Å²) in [7, 11) is 3.04. The van der Waals surface area contributed by atoms with Gasteiger partial charge in [0.05, 0.1) is 30.7 Å². The molecule has 0 saturated carbocycles. The fraction of sp³-hybridized carbons (Fsp3) is 0.214. The molecule has 0 radical (unpaired) electrons. The Morgan fingerprint density at radius 2 is 2.15 bits per heavy atom. The molecule has 26 heavy (non-hydrogen) atoms. The van der Waals surface area contributed by atoms with Crippen molar-refractivity contribution in [3.8, 4) is 11.5 Å². The molecule has 0 aliphatic rings. The number of methoxy groups -OCH3 is 2. The molecule has 1 amide bonds. The second kappa shape index (κ2) is 9.20. The van der Waals surface area contributed by atoms with Crippen molar-refractivity contribution < 1.29 is 14.3 Å². The smallest absolute Gasteiger partial charge is 0.342 e. The number of hydrogen-bond donors (Lipinski definition) is 3. The summed E-state index contributed by atoms with van der Waals surface area (Å²) in [5.41, 5.74) is 1.62. The van der Waals surface area contributed by atoms with Gasteiger partial charge in [0.1, 0.15) is 0 Å². The van der Waals surface area contributed by atoms with Gasteiger partial charge in [-0.05, 0) is 28.1 Å². The quantitative estimate of drug-likeness (QED) is 0.321. The van der Waals surface area contributed by atoms with Crippen LogP contribution in [0.2, 0.25) is 0 Å². The summed E-state index contributed by atoms with van der Waals surface area (Å²) in [6.45, 7) is 0. The Labute approximate surface area is 159 Å². The molecule has 0 spiro atoms. The summed E-state index contributed by atoms with van der Waals surface area (Å²) in [6.07, 6.45) is 1.43. The number of nitrogens with one attached hydrogen (secondary N) is 3. The Hall–Kier alpha value is -2.60. The number of hydrazone groups is 1. The molecule has 3 N–H and O–H groups in total. The average molecular weight is 444 g/mol. The minimum atomic E-state index is -0.714. The van der Waals surface area contributed by atoms with Gasteiger partial charge in [-0.1, -0.05) is 11.8 Å². The first-order valence-corrected chi connectivity index (χ1v) is 8.78. The minimum absolute atomic E-state index is 0.0219. The maximum absolute atomic E-state index is 11.8. The zero-order valence-electron chi connectivity index (χ0n) is 13.7. The number of ether oxygens (including phenoxy) is 2. The van der Waals surface area contributed by atoms with Crippen molar-refractivity contribution in [2.75, 3.05) is 20.0 Å². The topological polar surface area (TPSA) is 139 Å². The lowest BCUT2D eigenvalue weighted by Crippen LogP contribution is -2.26. The van der Waals surface area contributed by atoms with E-state index in [0.717, 1.165) is 11.8 Å². The van der Waals surface area contributed by atoms with Gasteiger partial charge < -0.3 is 9.47 Å². The molecule has 2 aromatic rings. The molecule has 0 aliphatic carbocycles. The SMILES string of the molecule is COc1ccc(/C=N/NC(=O)CSc2n[nH]c(=O)[nH]c2=O)c(Br)c1OC. The second-order valence-electron chi connectivity index (χ2n) is 4.60. The van der Waals surface area contributed by atoms with Crippen LogP contribution in [-0.4, -0.2) is 47.3 Å². The number of carbonyl (C=O) groups excluding carboxylic acids is 1. The van der Waals surface area contributed by atoms with E-state index in [0.29, 0.717) is 21.5 Å². The molecule has 0 bridgehead atoms. The third-order valence-electron chi connectivity index (χ3n) is 2.93. The summed E-state index contributed by atoms with van der Waals surface area (Å²) in [5.74, 6) is 0.500. The zero-order chi connectivity index (χ0) is 19.1. The van der Waals surface area contributed by atoms with Crippen molar-refractivity contribution in [3.63, 3.8) is 0 Å². The molecular formula is C14H14BrN5O5S. The Bertz CT molecular complexity index is 942. The average Bonchev–Trinajstić information content (AvgIpc) is 2.62. The van der Waals surface area contributed by atoms with E-state index in [1.54, 1.807) is 12.1 Å². The molecule has 10 nitrogen and oxygen atoms in total. The highest BCUT2D eigenvalue weighted by Gasteiger charge is 2.11. The summed E-state index contributed by atoms with van der Waals surface area (Å²) in [6, 6.07) is 3.44. The van der Waals surface area contributed by atoms with E-state index in [9.17, 15) is 14.4 Å². The monoisotopic (exact) mass is 443 g/mol. The normalized spacial score (nSPS) is 10.7. The van der Waals surface area contributed by atoms with Gasteiger partial charge in [0.15, 0.2) is 16.5 Å². The van der Waals surface area contributed by atoms with Crippen LogP contribution in [0.15, 0.2) is 36.3 Å². The van der Waals surface area contributed by atoms with Crippen LogP contribution >= 0.6 is 27.7 Å². The van der Waals surface area contributed by atoms with Gasteiger partial charge in [0.25, 0.3) is 5.56 Å². The molecule has 138 valence electrons. The summed E-state index contributed by atoms with van der Waals surface area (Å²) < 4.78 is 11.1. The number of rotatable bonds is 7. The van der Waals surface area contributed by atoms with Gasteiger partial charge in [0, 0.05) is 5.56 Å². The number of carbonyl (C=O) groups is 1. The Morgan fingerprint density at radius 1 is 1.38 bits per heavy atom. The zero-order valence-corrected chi connectivity index (χ0v) is 16.1. The van der Waals surface area contributed by atoms with Crippen LogP contribution in [0.4, 0.5) is 0 Å². The lowest BCUT2D eigenvalue weighted by Gasteiger charge is -2.10. The molecule has 0 aliphatic heterocycles. The maximum Gasteiger partial charge on any atom is 0.342 e. The van der Waals surface area contributed by atoms with E-state index in [2.05, 4.69) is 36.7 Å². The number of H-pyrrole nitrogens is 2. The Kier molecular flexibility index (Phi) is 6.97. The fourth-order valence-corrected chi connectivity index (χ4v) is 3.00. The van der Waals surface area contributed by atoms with Gasteiger partial charge in [-0.2, -0.15) is 10.2 Å². The molecule has 0 unspecified atom stereocenters. The molecule has 1 heterocycles. The molecular weight excluding hydrogens is 430 g/mol. The second-order valence-corrected chi connectivity index (χ2v) is 6.36. The van der Waals surface area contributed by atoms with Gasteiger partial charge in [-0.3, -0.25) is 14.6 Å². The fourth-order valence-electron chi connectivity index (χ4n) is 1.78. The molecule has 0 atom stereocenters. The molecule has 12 heteroatoms. The van der Waals surface area contributed by atoms with Crippen molar-refractivity contribution in [1.29, 1.82) is 0 Å². The van der Waals surface area contributed by atoms with Crippen LogP contribution < -0.4 is 26.1 Å². The van der Waals surface area contributed by atoms with Crippen LogP contribution in [0.1, 0.15) is 5.56 Å². The standard InChI is InChI=1S/C14H14BrN5O5S/c1-24-8-4-3-7(10(15)11(8)25-2)5-16-18-9(21)6-26-13-12(22)17-14(23)20-19-13/h3-5H,6H2,1-2H3,(H,18,21)(H2,17,20,22,23)/b16-5+. The first kappa shape index (κ1) is 19.7. The van der Waals surface area contributed by atoms with Gasteiger partial charge in [-0.15, -0.1) is 0 Å². The number of amides is 1. The lowest BCUT2D eigenvalue weighted by atomic mass is 10.2. The Balaban J connectivity index is 1.96. The number of aromatic nitrogens is 3. The van der Waals surface area contributed by atoms with Crippen molar-refractivity contribution in [2.24, 2.45) is 5.10 Å². The van der Waals surface area contributed by atoms with E-state index in [1.807, 2.05) is 4.98 Å². The van der Waals surface area contributed by atoms with E-state index < -0.39 is 17.2 Å². The number of aromatic amines is 2. The number of thioether (sulfide) groups is 1. The maximum atomic E-state index is 11.8. The van der Waals surface area contributed by atoms with Crippen LogP contribution in [-0.2, 0) is 4.79 Å². The minimum Gasteiger partial charge on any atom is -0.493 e. The van der Waals surface area contributed by atoms with E-state index in [1.165, 1.54) is 20.4 Å². The third-order valence-corrected chi connectivity index (χ3v) is 4.70. The predicted molar refractivity (Wildman–Crippen MR) is 99.2 cm³/mol. The highest BCUT2D eigenvalue weighted by molar-refractivity contribution is 9.10. The van der Waals surface area contributed by atoms with Crippen LogP contribution in [0.3, 0.4) is 0 Å². The number of nitrogens with zero attached hydrogens (tertiary/aromatic N) is 2. The molecule has 0 saturated heterocycles. The Morgan fingerprint density at radius 3 is 2.81 bits per heavy atom. The molecule has 1 aromatic carbocycles. The summed E-state index contributed by atoms with van der Waals surface area (Å²) >= 11 is 4.25. The highest BCUT2D eigenvalue weighted by atomic mass is 79.9. The van der Waals surface area contributed by atoms with Crippen molar-refractivity contribution in [2.45, 2.75) is 5.03 Å². The van der Waals surface area contributed by atoms with Crippen molar-refractivity contribution in [3.05, 3.63) is 43.0 Å². The molecule has 2 rings (SSSR count). The summed E-state index contributed by atoms with van der Waals surface area (Å²) in [5, 5.41) is 9.47. The van der Waals surface area contributed by atoms with Crippen LogP contribution in [0, 0.1) is 0 Å². The molecule has 0 fully saturated rings. The van der Waals surface area contributed by atoms with Crippen molar-refractivity contribution in [1.82, 2.24) is 20.6 Å². The first-order valence-electron chi connectivity index (χ1n) is 7.00. The van der Waals surface area contributed by atoms with Crippen LogP contribution in [0.5, 0.6) is 11.5 Å². The van der Waals surface area contributed by atoms with Crippen molar-refractivity contribution >= 4 is 39.8 Å². The first-order chi connectivity index (χ1) is 12.5. The van der Waals surface area contributed by atoms with Gasteiger partial charge >= 0.3 is 5.69 Å². The lowest BCUT2D eigenvalue weighted by molar-refractivity contribution is -0.118. The van der Waals surface area contributed by atoms with E-state index in [4.69, 9.17) is 9.47 Å². The van der Waals surface area contributed by atoms with E-state index >= 15 is 0 Å². The highest BCUT2D eigenvalue weighted by Crippen LogP contribution is 2.36. The van der Waals surface area contributed by atoms with Gasteiger partial charge in [-0.25, -0.2) is 15.3 Å². The van der Waals surface area contributed by atoms with E-state index in [-0.39, 0.29) is 10.8 Å². The largest absolute Gasteiger partial charge is 0.493 e. The molecule has 1 aromatic heterocycles. The predicted octanol–water partition coefficient (Wildman–Crippen LogP) is 0.480. The number of benzene rings is 1. The van der Waals surface area contributed by atoms with Gasteiger partial charge in [0.2, 0.25) is 5.91 Å².